The number of amides is 1. The van der Waals surface area contributed by atoms with Gasteiger partial charge in [-0.05, 0) is 35.1 Å². The molecular weight excluding hydrogens is 282 g/mol. The Kier molecular flexibility index (Phi) is 3.09. The van der Waals surface area contributed by atoms with Crippen molar-refractivity contribution in [2.75, 3.05) is 5.32 Å². The second-order valence-electron chi connectivity index (χ2n) is 4.64. The van der Waals surface area contributed by atoms with Crippen LogP contribution in [0.15, 0.2) is 23.6 Å². The van der Waals surface area contributed by atoms with E-state index in [0.717, 1.165) is 27.3 Å². The van der Waals surface area contributed by atoms with Gasteiger partial charge in [0, 0.05) is 5.69 Å². The highest BCUT2D eigenvalue weighted by Crippen LogP contribution is 2.37. The fourth-order valence-electron chi connectivity index (χ4n) is 2.20. The predicted octanol–water partition coefficient (Wildman–Crippen LogP) is 3.29. The average molecular weight is 294 g/mol. The van der Waals surface area contributed by atoms with E-state index >= 15 is 0 Å². The third-order valence-electron chi connectivity index (χ3n) is 3.24. The van der Waals surface area contributed by atoms with Crippen LogP contribution in [-0.4, -0.2) is 11.0 Å². The summed E-state index contributed by atoms with van der Waals surface area (Å²) in [5.74, 6) is -0.00774. The normalized spacial score (nSPS) is 15.2. The van der Waals surface area contributed by atoms with Crippen molar-refractivity contribution in [3.8, 4) is 0 Å². The molecule has 3 nitrogen and oxygen atoms in total. The maximum absolute atomic E-state index is 11.3. The van der Waals surface area contributed by atoms with Crippen LogP contribution < -0.4 is 5.32 Å². The standard InChI is InChI=1S/C14H12ClNO2S/c1-7-6-19-14(12(7)15)13(18)8-2-3-10-9(4-8)5-11(17)16-10/h2-4,6,13,18H,5H2,1H3,(H,16,17). The Morgan fingerprint density at radius 2 is 2.26 bits per heavy atom. The number of hydrogen-bond donors (Lipinski definition) is 2. The van der Waals surface area contributed by atoms with Crippen LogP contribution in [0, 0.1) is 6.92 Å². The SMILES string of the molecule is Cc1csc(C(O)c2ccc3c(c2)CC(=O)N3)c1Cl. The molecule has 0 saturated heterocycles. The molecule has 5 heteroatoms. The van der Waals surface area contributed by atoms with E-state index in [0.29, 0.717) is 11.4 Å². The molecule has 1 aromatic carbocycles. The number of anilines is 1. The van der Waals surface area contributed by atoms with Crippen molar-refractivity contribution in [1.29, 1.82) is 0 Å². The Balaban J connectivity index is 1.97. The van der Waals surface area contributed by atoms with Crippen molar-refractivity contribution >= 4 is 34.5 Å². The summed E-state index contributed by atoms with van der Waals surface area (Å²) < 4.78 is 0. The van der Waals surface area contributed by atoms with Crippen molar-refractivity contribution in [2.24, 2.45) is 0 Å². The van der Waals surface area contributed by atoms with Crippen LogP contribution in [0.3, 0.4) is 0 Å². The largest absolute Gasteiger partial charge is 0.383 e. The molecule has 3 rings (SSSR count). The van der Waals surface area contributed by atoms with Gasteiger partial charge in [-0.1, -0.05) is 23.7 Å². The Labute approximate surface area is 119 Å². The molecular formula is C14H12ClNO2S. The number of halogens is 1. The van der Waals surface area contributed by atoms with Crippen LogP contribution in [-0.2, 0) is 11.2 Å². The van der Waals surface area contributed by atoms with E-state index in [1.54, 1.807) is 0 Å². The summed E-state index contributed by atoms with van der Waals surface area (Å²) in [6.07, 6.45) is -0.375. The molecule has 1 aliphatic rings. The molecule has 1 amide bonds. The summed E-state index contributed by atoms with van der Waals surface area (Å²) in [7, 11) is 0. The number of carbonyl (C=O) groups excluding carboxylic acids is 1. The van der Waals surface area contributed by atoms with Gasteiger partial charge in [0.25, 0.3) is 0 Å². The maximum Gasteiger partial charge on any atom is 0.228 e. The number of thiophene rings is 1. The fourth-order valence-corrected chi connectivity index (χ4v) is 3.51. The maximum atomic E-state index is 11.3. The molecule has 1 aromatic heterocycles. The first kappa shape index (κ1) is 12.7. The lowest BCUT2D eigenvalue weighted by atomic mass is 10.0. The van der Waals surface area contributed by atoms with Gasteiger partial charge < -0.3 is 10.4 Å². The number of rotatable bonds is 2. The molecule has 98 valence electrons. The zero-order valence-corrected chi connectivity index (χ0v) is 11.8. The van der Waals surface area contributed by atoms with E-state index in [2.05, 4.69) is 5.32 Å². The van der Waals surface area contributed by atoms with E-state index in [9.17, 15) is 9.90 Å². The minimum absolute atomic E-state index is 0.00774. The second kappa shape index (κ2) is 4.63. The fraction of sp³-hybridized carbons (Fsp3) is 0.214. The second-order valence-corrected chi connectivity index (χ2v) is 5.93. The van der Waals surface area contributed by atoms with Crippen molar-refractivity contribution in [2.45, 2.75) is 19.4 Å². The van der Waals surface area contributed by atoms with Gasteiger partial charge in [0.15, 0.2) is 0 Å². The van der Waals surface area contributed by atoms with Crippen LogP contribution in [0.1, 0.15) is 27.7 Å². The summed E-state index contributed by atoms with van der Waals surface area (Å²) in [5.41, 5.74) is 3.48. The lowest BCUT2D eigenvalue weighted by molar-refractivity contribution is -0.115. The van der Waals surface area contributed by atoms with Gasteiger partial charge >= 0.3 is 0 Å². The first-order valence-corrected chi connectivity index (χ1v) is 7.16. The minimum atomic E-state index is -0.743. The Bertz CT molecular complexity index is 665. The van der Waals surface area contributed by atoms with Gasteiger partial charge in [0.05, 0.1) is 16.3 Å². The molecule has 1 unspecified atom stereocenters. The number of benzene rings is 1. The van der Waals surface area contributed by atoms with Crippen molar-refractivity contribution in [1.82, 2.24) is 0 Å². The minimum Gasteiger partial charge on any atom is -0.383 e. The highest BCUT2D eigenvalue weighted by Gasteiger charge is 2.22. The number of aliphatic hydroxyl groups is 1. The van der Waals surface area contributed by atoms with E-state index in [1.165, 1.54) is 11.3 Å². The highest BCUT2D eigenvalue weighted by molar-refractivity contribution is 7.10. The van der Waals surface area contributed by atoms with E-state index in [1.807, 2.05) is 30.5 Å². The van der Waals surface area contributed by atoms with E-state index < -0.39 is 6.10 Å². The number of aryl methyl sites for hydroxylation is 1. The van der Waals surface area contributed by atoms with Gasteiger partial charge in [-0.2, -0.15) is 0 Å². The van der Waals surface area contributed by atoms with Crippen LogP contribution in [0.25, 0.3) is 0 Å². The molecule has 1 atom stereocenters. The number of nitrogens with one attached hydrogen (secondary N) is 1. The molecule has 0 radical (unpaired) electrons. The summed E-state index contributed by atoms with van der Waals surface area (Å²) in [4.78, 5) is 12.1. The van der Waals surface area contributed by atoms with Gasteiger partial charge in [-0.15, -0.1) is 11.3 Å². The predicted molar refractivity (Wildman–Crippen MR) is 76.9 cm³/mol. The van der Waals surface area contributed by atoms with Crippen molar-refractivity contribution in [3.63, 3.8) is 0 Å². The Morgan fingerprint density at radius 1 is 1.47 bits per heavy atom. The molecule has 19 heavy (non-hydrogen) atoms. The summed E-state index contributed by atoms with van der Waals surface area (Å²) in [6, 6.07) is 5.51. The zero-order chi connectivity index (χ0) is 13.6. The molecule has 2 aromatic rings. The molecule has 0 spiro atoms. The number of aliphatic hydroxyl groups excluding tert-OH is 1. The molecule has 2 heterocycles. The van der Waals surface area contributed by atoms with Crippen LogP contribution in [0.2, 0.25) is 5.02 Å². The van der Waals surface area contributed by atoms with Gasteiger partial charge in [0.1, 0.15) is 6.10 Å². The summed E-state index contributed by atoms with van der Waals surface area (Å²) in [6.45, 7) is 1.92. The number of carbonyl (C=O) groups is 1. The van der Waals surface area contributed by atoms with Crippen molar-refractivity contribution < 1.29 is 9.90 Å². The third-order valence-corrected chi connectivity index (χ3v) is 5.01. The first-order valence-electron chi connectivity index (χ1n) is 5.90. The van der Waals surface area contributed by atoms with Crippen molar-refractivity contribution in [3.05, 3.63) is 50.2 Å². The molecule has 1 aliphatic heterocycles. The molecule has 0 saturated carbocycles. The average Bonchev–Trinajstić information content (AvgIpc) is 2.91. The summed E-state index contributed by atoms with van der Waals surface area (Å²) in [5, 5.41) is 15.7. The van der Waals surface area contributed by atoms with Gasteiger partial charge in [-0.3, -0.25) is 4.79 Å². The number of hydrogen-bond acceptors (Lipinski definition) is 3. The van der Waals surface area contributed by atoms with E-state index in [4.69, 9.17) is 11.6 Å². The Morgan fingerprint density at radius 3 is 2.95 bits per heavy atom. The third kappa shape index (κ3) is 2.16. The molecule has 0 bridgehead atoms. The molecule has 0 fully saturated rings. The van der Waals surface area contributed by atoms with Gasteiger partial charge in [0.2, 0.25) is 5.91 Å². The lowest BCUT2D eigenvalue weighted by Crippen LogP contribution is -2.03. The Hall–Kier alpha value is -1.36. The molecule has 2 N–H and O–H groups in total. The highest BCUT2D eigenvalue weighted by atomic mass is 35.5. The van der Waals surface area contributed by atoms with Crippen LogP contribution in [0.5, 0.6) is 0 Å². The monoisotopic (exact) mass is 293 g/mol. The number of fused-ring (bicyclic) bond motifs is 1. The summed E-state index contributed by atoms with van der Waals surface area (Å²) >= 11 is 7.63. The van der Waals surface area contributed by atoms with Crippen LogP contribution >= 0.6 is 22.9 Å². The zero-order valence-electron chi connectivity index (χ0n) is 10.2. The van der Waals surface area contributed by atoms with E-state index in [-0.39, 0.29) is 5.91 Å². The topological polar surface area (TPSA) is 49.3 Å². The van der Waals surface area contributed by atoms with Crippen LogP contribution in [0.4, 0.5) is 5.69 Å². The lowest BCUT2D eigenvalue weighted by Gasteiger charge is -2.11. The quantitative estimate of drug-likeness (QED) is 0.893. The smallest absolute Gasteiger partial charge is 0.228 e. The molecule has 0 aliphatic carbocycles. The first-order chi connectivity index (χ1) is 9.06. The van der Waals surface area contributed by atoms with Gasteiger partial charge in [-0.25, -0.2) is 0 Å².